The Morgan fingerprint density at radius 2 is 2.23 bits per heavy atom. The van der Waals surface area contributed by atoms with Crippen LogP contribution in [-0.2, 0) is 23.9 Å². The number of ketones is 1. The molecule has 1 aliphatic heterocycles. The standard InChI is InChI=1S/C7H8O5.Na.H/c1-2-11-6(9)5-4(8)3-12-7(5)10;;/h5H,2-3H2,1H3;;. The molecule has 0 amide bonds. The zero-order chi connectivity index (χ0) is 9.14. The molecule has 0 aromatic heterocycles. The van der Waals surface area contributed by atoms with Crippen molar-refractivity contribution >= 4 is 47.3 Å². The van der Waals surface area contributed by atoms with Crippen LogP contribution in [0, 0.1) is 5.92 Å². The molecule has 0 N–H and O–H groups in total. The minimum atomic E-state index is -1.34. The summed E-state index contributed by atoms with van der Waals surface area (Å²) in [5, 5.41) is 0. The Balaban J connectivity index is 0.00000144. The Labute approximate surface area is 97.0 Å². The van der Waals surface area contributed by atoms with E-state index in [1.807, 2.05) is 0 Å². The number of hydrogen-bond donors (Lipinski definition) is 0. The zero-order valence-electron chi connectivity index (χ0n) is 6.53. The normalized spacial score (nSPS) is 20.5. The van der Waals surface area contributed by atoms with Crippen LogP contribution >= 0.6 is 0 Å². The third-order valence-electron chi connectivity index (χ3n) is 1.44. The molecule has 0 aromatic rings. The second-order valence-corrected chi connectivity index (χ2v) is 2.26. The van der Waals surface area contributed by atoms with Crippen LogP contribution in [0.5, 0.6) is 0 Å². The van der Waals surface area contributed by atoms with Crippen LogP contribution in [0.3, 0.4) is 0 Å². The fourth-order valence-corrected chi connectivity index (χ4v) is 0.894. The van der Waals surface area contributed by atoms with Crippen LogP contribution in [0.15, 0.2) is 0 Å². The van der Waals surface area contributed by atoms with Gasteiger partial charge in [0.2, 0.25) is 5.92 Å². The Morgan fingerprint density at radius 3 is 2.62 bits per heavy atom. The van der Waals surface area contributed by atoms with Gasteiger partial charge in [0, 0.05) is 0 Å². The first-order valence-electron chi connectivity index (χ1n) is 3.52. The number of Topliss-reactive ketones (excluding diaryl/α,β-unsaturated/α-hetero) is 1. The van der Waals surface area contributed by atoms with Gasteiger partial charge in [-0.05, 0) is 6.92 Å². The average molecular weight is 196 g/mol. The molecule has 1 saturated heterocycles. The van der Waals surface area contributed by atoms with Gasteiger partial charge in [0.1, 0.15) is 0 Å². The number of carbonyl (C=O) groups is 3. The molecular weight excluding hydrogens is 187 g/mol. The predicted octanol–water partition coefficient (Wildman–Crippen LogP) is -1.36. The fourth-order valence-electron chi connectivity index (χ4n) is 0.894. The molecule has 1 fully saturated rings. The molecule has 5 nitrogen and oxygen atoms in total. The zero-order valence-corrected chi connectivity index (χ0v) is 6.53. The topological polar surface area (TPSA) is 69.7 Å². The van der Waals surface area contributed by atoms with E-state index in [1.54, 1.807) is 6.92 Å². The molecule has 1 rings (SSSR count). The van der Waals surface area contributed by atoms with Crippen molar-refractivity contribution in [2.45, 2.75) is 6.92 Å². The molecule has 6 heteroatoms. The molecule has 0 aliphatic carbocycles. The van der Waals surface area contributed by atoms with Crippen molar-refractivity contribution in [2.24, 2.45) is 5.92 Å². The van der Waals surface area contributed by atoms with Gasteiger partial charge >= 0.3 is 41.5 Å². The Hall–Kier alpha value is -0.390. The molecule has 1 atom stereocenters. The van der Waals surface area contributed by atoms with Crippen molar-refractivity contribution in [3.63, 3.8) is 0 Å². The number of cyclic esters (lactones) is 1. The molecule has 0 saturated carbocycles. The molecule has 1 aliphatic rings. The molecule has 0 spiro atoms. The van der Waals surface area contributed by atoms with Crippen LogP contribution in [-0.4, -0.2) is 60.5 Å². The summed E-state index contributed by atoms with van der Waals surface area (Å²) in [4.78, 5) is 32.5. The van der Waals surface area contributed by atoms with E-state index in [-0.39, 0.29) is 42.8 Å². The molecule has 68 valence electrons. The first kappa shape index (κ1) is 12.6. The predicted molar refractivity (Wildman–Crippen MR) is 43.2 cm³/mol. The quantitative estimate of drug-likeness (QED) is 0.310. The van der Waals surface area contributed by atoms with Gasteiger partial charge in [-0.3, -0.25) is 14.4 Å². The maximum atomic E-state index is 10.9. The van der Waals surface area contributed by atoms with Crippen molar-refractivity contribution in [2.75, 3.05) is 13.2 Å². The number of carbonyl (C=O) groups excluding carboxylic acids is 3. The summed E-state index contributed by atoms with van der Waals surface area (Å²) >= 11 is 0. The Morgan fingerprint density at radius 1 is 1.62 bits per heavy atom. The fraction of sp³-hybridized carbons (Fsp3) is 0.571. The van der Waals surface area contributed by atoms with E-state index in [4.69, 9.17) is 0 Å². The van der Waals surface area contributed by atoms with E-state index in [9.17, 15) is 14.4 Å². The summed E-state index contributed by atoms with van der Waals surface area (Å²) < 4.78 is 8.86. The summed E-state index contributed by atoms with van der Waals surface area (Å²) in [6.45, 7) is 1.43. The monoisotopic (exact) mass is 196 g/mol. The van der Waals surface area contributed by atoms with Crippen LogP contribution in [0.2, 0.25) is 0 Å². The van der Waals surface area contributed by atoms with Gasteiger partial charge in [0.25, 0.3) is 0 Å². The van der Waals surface area contributed by atoms with Crippen molar-refractivity contribution in [3.8, 4) is 0 Å². The first-order valence-corrected chi connectivity index (χ1v) is 3.52. The van der Waals surface area contributed by atoms with Crippen molar-refractivity contribution in [3.05, 3.63) is 0 Å². The summed E-state index contributed by atoms with van der Waals surface area (Å²) in [6, 6.07) is 0. The number of esters is 2. The van der Waals surface area contributed by atoms with Crippen LogP contribution in [0.25, 0.3) is 0 Å². The van der Waals surface area contributed by atoms with Gasteiger partial charge in [0.15, 0.2) is 12.4 Å². The third-order valence-corrected chi connectivity index (χ3v) is 1.44. The molecular formula is C7H9NaO5. The van der Waals surface area contributed by atoms with Crippen molar-refractivity contribution in [1.29, 1.82) is 0 Å². The number of rotatable bonds is 2. The summed E-state index contributed by atoms with van der Waals surface area (Å²) in [5.41, 5.74) is 0. The van der Waals surface area contributed by atoms with Crippen molar-refractivity contribution in [1.82, 2.24) is 0 Å². The van der Waals surface area contributed by atoms with E-state index in [0.29, 0.717) is 0 Å². The second-order valence-electron chi connectivity index (χ2n) is 2.26. The number of hydrogen-bond acceptors (Lipinski definition) is 5. The maximum absolute atomic E-state index is 10.9. The molecule has 0 aromatic carbocycles. The SMILES string of the molecule is CCOC(=O)C1C(=O)COC1=O.[NaH]. The van der Waals surface area contributed by atoms with Crippen LogP contribution < -0.4 is 0 Å². The van der Waals surface area contributed by atoms with E-state index < -0.39 is 23.6 Å². The van der Waals surface area contributed by atoms with Gasteiger partial charge < -0.3 is 9.47 Å². The summed E-state index contributed by atoms with van der Waals surface area (Å²) in [5.74, 6) is -3.49. The van der Waals surface area contributed by atoms with Gasteiger partial charge in [0.05, 0.1) is 6.61 Å². The van der Waals surface area contributed by atoms with Crippen LogP contribution in [0.1, 0.15) is 6.92 Å². The van der Waals surface area contributed by atoms with Gasteiger partial charge in [-0.1, -0.05) is 0 Å². The molecule has 1 unspecified atom stereocenters. The van der Waals surface area contributed by atoms with E-state index in [0.717, 1.165) is 0 Å². The molecule has 13 heavy (non-hydrogen) atoms. The van der Waals surface area contributed by atoms with E-state index in [2.05, 4.69) is 9.47 Å². The minimum absolute atomic E-state index is 0. The second kappa shape index (κ2) is 5.36. The third kappa shape index (κ3) is 2.79. The van der Waals surface area contributed by atoms with Crippen molar-refractivity contribution < 1.29 is 23.9 Å². The summed E-state index contributed by atoms with van der Waals surface area (Å²) in [7, 11) is 0. The van der Waals surface area contributed by atoms with E-state index >= 15 is 0 Å². The van der Waals surface area contributed by atoms with Crippen LogP contribution in [0.4, 0.5) is 0 Å². The number of ether oxygens (including phenoxy) is 2. The first-order chi connectivity index (χ1) is 5.66. The molecule has 0 bridgehead atoms. The van der Waals surface area contributed by atoms with Gasteiger partial charge in [-0.25, -0.2) is 0 Å². The molecule has 1 heterocycles. The average Bonchev–Trinajstić information content (AvgIpc) is 2.32. The molecule has 0 radical (unpaired) electrons. The Bertz CT molecular complexity index is 221. The van der Waals surface area contributed by atoms with Gasteiger partial charge in [-0.2, -0.15) is 0 Å². The summed E-state index contributed by atoms with van der Waals surface area (Å²) in [6.07, 6.45) is 0. The van der Waals surface area contributed by atoms with E-state index in [1.165, 1.54) is 0 Å². The Kier molecular flexibility index (Phi) is 5.20. The van der Waals surface area contributed by atoms with Gasteiger partial charge in [-0.15, -0.1) is 0 Å².